The standard InChI is InChI=1S/C14H21N5S/c1-6-7-19-13(12(15)11(5)18-19)20-14-16-9(3)8(2)10(4)17-14/h6-7,15H2,1-5H3. The first-order valence-corrected chi connectivity index (χ1v) is 7.58. The van der Waals surface area contributed by atoms with Crippen molar-refractivity contribution < 1.29 is 0 Å². The van der Waals surface area contributed by atoms with Gasteiger partial charge in [-0.2, -0.15) is 5.10 Å². The van der Waals surface area contributed by atoms with Crippen molar-refractivity contribution in [2.45, 2.75) is 57.8 Å². The molecule has 0 saturated heterocycles. The Morgan fingerprint density at radius 2 is 1.65 bits per heavy atom. The maximum Gasteiger partial charge on any atom is 0.194 e. The third kappa shape index (κ3) is 2.80. The molecule has 20 heavy (non-hydrogen) atoms. The third-order valence-corrected chi connectivity index (χ3v) is 4.35. The summed E-state index contributed by atoms with van der Waals surface area (Å²) in [7, 11) is 0. The quantitative estimate of drug-likeness (QED) is 0.877. The molecule has 0 fully saturated rings. The lowest BCUT2D eigenvalue weighted by atomic mass is 10.2. The van der Waals surface area contributed by atoms with E-state index in [2.05, 4.69) is 22.0 Å². The van der Waals surface area contributed by atoms with Crippen molar-refractivity contribution >= 4 is 17.4 Å². The van der Waals surface area contributed by atoms with Gasteiger partial charge in [0.25, 0.3) is 0 Å². The first kappa shape index (κ1) is 14.8. The van der Waals surface area contributed by atoms with Crippen LogP contribution in [-0.4, -0.2) is 19.7 Å². The second-order valence-corrected chi connectivity index (χ2v) is 5.89. The molecule has 0 aliphatic rings. The van der Waals surface area contributed by atoms with Crippen molar-refractivity contribution in [1.29, 1.82) is 0 Å². The molecule has 0 aliphatic heterocycles. The van der Waals surface area contributed by atoms with Gasteiger partial charge in [0.15, 0.2) is 5.16 Å². The highest BCUT2D eigenvalue weighted by atomic mass is 32.2. The molecule has 0 aromatic carbocycles. The fraction of sp³-hybridized carbons (Fsp3) is 0.500. The zero-order valence-electron chi connectivity index (χ0n) is 12.7. The van der Waals surface area contributed by atoms with Gasteiger partial charge in [0.2, 0.25) is 0 Å². The Morgan fingerprint density at radius 1 is 1.05 bits per heavy atom. The molecule has 0 spiro atoms. The van der Waals surface area contributed by atoms with Crippen molar-refractivity contribution in [1.82, 2.24) is 19.7 Å². The highest BCUT2D eigenvalue weighted by molar-refractivity contribution is 7.99. The molecule has 5 nitrogen and oxygen atoms in total. The highest BCUT2D eigenvalue weighted by Crippen LogP contribution is 2.32. The predicted octanol–water partition coefficient (Wildman–Crippen LogP) is 3.05. The summed E-state index contributed by atoms with van der Waals surface area (Å²) in [5.41, 5.74) is 10.9. The number of aryl methyl sites for hydroxylation is 4. The van der Waals surface area contributed by atoms with Gasteiger partial charge in [-0.05, 0) is 51.4 Å². The summed E-state index contributed by atoms with van der Waals surface area (Å²) in [5, 5.41) is 6.14. The molecule has 2 rings (SSSR count). The molecule has 0 saturated carbocycles. The molecule has 0 aliphatic carbocycles. The molecule has 2 heterocycles. The van der Waals surface area contributed by atoms with Gasteiger partial charge in [-0.15, -0.1) is 0 Å². The first-order chi connectivity index (χ1) is 9.43. The lowest BCUT2D eigenvalue weighted by Crippen LogP contribution is -2.03. The van der Waals surface area contributed by atoms with Gasteiger partial charge in [0.1, 0.15) is 5.03 Å². The smallest absolute Gasteiger partial charge is 0.194 e. The van der Waals surface area contributed by atoms with Crippen LogP contribution in [0.3, 0.4) is 0 Å². The van der Waals surface area contributed by atoms with E-state index in [-0.39, 0.29) is 0 Å². The second-order valence-electron chi connectivity index (χ2n) is 4.93. The average molecular weight is 291 g/mol. The normalized spacial score (nSPS) is 11.1. The lowest BCUT2D eigenvalue weighted by Gasteiger charge is -2.08. The van der Waals surface area contributed by atoms with Crippen LogP contribution >= 0.6 is 11.8 Å². The van der Waals surface area contributed by atoms with E-state index in [1.54, 1.807) is 0 Å². The van der Waals surface area contributed by atoms with Crippen LogP contribution < -0.4 is 5.73 Å². The summed E-state index contributed by atoms with van der Waals surface area (Å²) < 4.78 is 1.95. The lowest BCUT2D eigenvalue weighted by molar-refractivity contribution is 0.555. The van der Waals surface area contributed by atoms with Gasteiger partial charge in [0.05, 0.1) is 11.4 Å². The minimum atomic E-state index is 0.725. The fourth-order valence-electron chi connectivity index (χ4n) is 1.92. The van der Waals surface area contributed by atoms with Crippen molar-refractivity contribution in [3.05, 3.63) is 22.6 Å². The van der Waals surface area contributed by atoms with Crippen LogP contribution in [0.5, 0.6) is 0 Å². The number of aromatic nitrogens is 4. The number of nitrogen functional groups attached to an aromatic ring is 1. The summed E-state index contributed by atoms with van der Waals surface area (Å²) in [5.74, 6) is 0. The second kappa shape index (κ2) is 5.83. The Kier molecular flexibility index (Phi) is 4.32. The largest absolute Gasteiger partial charge is 0.395 e. The highest BCUT2D eigenvalue weighted by Gasteiger charge is 2.16. The van der Waals surface area contributed by atoms with E-state index >= 15 is 0 Å². The molecule has 0 amide bonds. The summed E-state index contributed by atoms with van der Waals surface area (Å²) in [6, 6.07) is 0. The summed E-state index contributed by atoms with van der Waals surface area (Å²) >= 11 is 1.49. The summed E-state index contributed by atoms with van der Waals surface area (Å²) in [6.45, 7) is 11.0. The Morgan fingerprint density at radius 3 is 2.20 bits per heavy atom. The minimum Gasteiger partial charge on any atom is -0.395 e. The number of rotatable bonds is 4. The zero-order valence-corrected chi connectivity index (χ0v) is 13.5. The molecule has 0 unspecified atom stereocenters. The molecule has 0 radical (unpaired) electrons. The zero-order chi connectivity index (χ0) is 14.9. The van der Waals surface area contributed by atoms with Gasteiger partial charge >= 0.3 is 0 Å². The van der Waals surface area contributed by atoms with E-state index in [1.807, 2.05) is 32.4 Å². The van der Waals surface area contributed by atoms with Gasteiger partial charge in [-0.25, -0.2) is 9.97 Å². The van der Waals surface area contributed by atoms with Crippen LogP contribution in [0.2, 0.25) is 0 Å². The number of hydrogen-bond acceptors (Lipinski definition) is 5. The van der Waals surface area contributed by atoms with Crippen LogP contribution in [-0.2, 0) is 6.54 Å². The summed E-state index contributed by atoms with van der Waals surface area (Å²) in [6.07, 6.45) is 1.01. The molecule has 0 bridgehead atoms. The van der Waals surface area contributed by atoms with E-state index in [9.17, 15) is 0 Å². The Bertz CT molecular complexity index is 610. The molecular weight excluding hydrogens is 270 g/mol. The number of nitrogens with zero attached hydrogens (tertiary/aromatic N) is 4. The van der Waals surface area contributed by atoms with E-state index in [1.165, 1.54) is 11.8 Å². The molecule has 2 aromatic rings. The average Bonchev–Trinajstić information content (AvgIpc) is 2.64. The Balaban J connectivity index is 2.39. The maximum atomic E-state index is 6.13. The Labute approximate surface area is 124 Å². The Hall–Kier alpha value is -1.56. The maximum absolute atomic E-state index is 6.13. The van der Waals surface area contributed by atoms with Crippen LogP contribution in [0.4, 0.5) is 5.69 Å². The molecule has 2 N–H and O–H groups in total. The van der Waals surface area contributed by atoms with E-state index in [0.29, 0.717) is 0 Å². The fourth-order valence-corrected chi connectivity index (χ4v) is 2.95. The van der Waals surface area contributed by atoms with Gasteiger partial charge in [-0.3, -0.25) is 4.68 Å². The van der Waals surface area contributed by atoms with E-state index in [4.69, 9.17) is 5.73 Å². The van der Waals surface area contributed by atoms with Gasteiger partial charge in [-0.1, -0.05) is 6.92 Å². The van der Waals surface area contributed by atoms with Crippen LogP contribution in [0.25, 0.3) is 0 Å². The molecule has 0 atom stereocenters. The van der Waals surface area contributed by atoms with Crippen molar-refractivity contribution in [3.63, 3.8) is 0 Å². The van der Waals surface area contributed by atoms with Crippen molar-refractivity contribution in [3.8, 4) is 0 Å². The minimum absolute atomic E-state index is 0.725. The number of hydrogen-bond donors (Lipinski definition) is 1. The SMILES string of the molecule is CCCn1nc(C)c(N)c1Sc1nc(C)c(C)c(C)n1. The van der Waals surface area contributed by atoms with Crippen LogP contribution in [0, 0.1) is 27.7 Å². The van der Waals surface area contributed by atoms with Crippen LogP contribution in [0.15, 0.2) is 10.2 Å². The first-order valence-electron chi connectivity index (χ1n) is 6.76. The molecule has 6 heteroatoms. The number of nitrogens with two attached hydrogens (primary N) is 1. The molecule has 2 aromatic heterocycles. The molecular formula is C14H21N5S. The van der Waals surface area contributed by atoms with Crippen molar-refractivity contribution in [2.24, 2.45) is 0 Å². The van der Waals surface area contributed by atoms with Crippen LogP contribution in [0.1, 0.15) is 36.0 Å². The van der Waals surface area contributed by atoms with Gasteiger partial charge < -0.3 is 5.73 Å². The van der Waals surface area contributed by atoms with E-state index in [0.717, 1.165) is 51.5 Å². The predicted molar refractivity (Wildman–Crippen MR) is 82.0 cm³/mol. The van der Waals surface area contributed by atoms with Crippen molar-refractivity contribution in [2.75, 3.05) is 5.73 Å². The topological polar surface area (TPSA) is 69.6 Å². The monoisotopic (exact) mass is 291 g/mol. The third-order valence-electron chi connectivity index (χ3n) is 3.36. The summed E-state index contributed by atoms with van der Waals surface area (Å²) in [4.78, 5) is 9.07. The number of anilines is 1. The van der Waals surface area contributed by atoms with Gasteiger partial charge in [0, 0.05) is 17.9 Å². The van der Waals surface area contributed by atoms with E-state index < -0.39 is 0 Å². The molecule has 108 valence electrons.